The van der Waals surface area contributed by atoms with E-state index in [1.807, 2.05) is 7.05 Å². The molecule has 1 aromatic heterocycles. The lowest BCUT2D eigenvalue weighted by Crippen LogP contribution is -2.54. The van der Waals surface area contributed by atoms with E-state index >= 15 is 0 Å². The van der Waals surface area contributed by atoms with Crippen LogP contribution < -0.4 is 10.6 Å². The van der Waals surface area contributed by atoms with E-state index in [1.54, 1.807) is 6.33 Å². The summed E-state index contributed by atoms with van der Waals surface area (Å²) in [6, 6.07) is 0.436. The van der Waals surface area contributed by atoms with Gasteiger partial charge in [0.05, 0.1) is 6.54 Å². The van der Waals surface area contributed by atoms with Gasteiger partial charge in [0.1, 0.15) is 12.2 Å². The molecule has 0 atom stereocenters. The summed E-state index contributed by atoms with van der Waals surface area (Å²) in [6.07, 6.45) is 4.92. The third-order valence-corrected chi connectivity index (χ3v) is 4.84. The van der Waals surface area contributed by atoms with Crippen molar-refractivity contribution < 1.29 is 4.79 Å². The van der Waals surface area contributed by atoms with Crippen molar-refractivity contribution in [3.63, 3.8) is 0 Å². The molecular formula is C17H30N8O. The van der Waals surface area contributed by atoms with Crippen molar-refractivity contribution in [3.05, 3.63) is 12.2 Å². The molecule has 0 unspecified atom stereocenters. The molecule has 9 heteroatoms. The number of carbonyl (C=O) groups is 1. The lowest BCUT2D eigenvalue weighted by atomic mass is 10.3. The second kappa shape index (κ2) is 8.98. The van der Waals surface area contributed by atoms with Gasteiger partial charge in [-0.05, 0) is 12.8 Å². The number of aliphatic imine (C=N–C) groups is 1. The molecule has 2 aliphatic rings. The van der Waals surface area contributed by atoms with Crippen molar-refractivity contribution >= 4 is 11.9 Å². The Morgan fingerprint density at radius 3 is 2.73 bits per heavy atom. The molecule has 1 aliphatic heterocycles. The fraction of sp³-hybridized carbons (Fsp3) is 0.765. The highest BCUT2D eigenvalue weighted by atomic mass is 16.2. The van der Waals surface area contributed by atoms with E-state index in [9.17, 15) is 4.79 Å². The van der Waals surface area contributed by atoms with Gasteiger partial charge < -0.3 is 20.1 Å². The molecule has 2 N–H and O–H groups in total. The van der Waals surface area contributed by atoms with Crippen molar-refractivity contribution in [2.75, 3.05) is 46.3 Å². The quantitative estimate of drug-likeness (QED) is 0.493. The van der Waals surface area contributed by atoms with Crippen molar-refractivity contribution in [2.45, 2.75) is 38.8 Å². The Bertz CT molecular complexity index is 616. The molecule has 9 nitrogen and oxygen atoms in total. The molecule has 1 aromatic rings. The van der Waals surface area contributed by atoms with E-state index in [1.165, 1.54) is 0 Å². The molecule has 0 bridgehead atoms. The van der Waals surface area contributed by atoms with Crippen LogP contribution in [0.1, 0.15) is 25.6 Å². The fourth-order valence-corrected chi connectivity index (χ4v) is 3.18. The zero-order valence-corrected chi connectivity index (χ0v) is 15.8. The fourth-order valence-electron chi connectivity index (χ4n) is 3.18. The summed E-state index contributed by atoms with van der Waals surface area (Å²) in [4.78, 5) is 20.8. The summed E-state index contributed by atoms with van der Waals surface area (Å²) >= 11 is 0. The Hall–Kier alpha value is -2.16. The van der Waals surface area contributed by atoms with Gasteiger partial charge in [-0.25, -0.2) is 0 Å². The van der Waals surface area contributed by atoms with Gasteiger partial charge in [0.15, 0.2) is 5.96 Å². The molecule has 1 saturated heterocycles. The van der Waals surface area contributed by atoms with E-state index in [-0.39, 0.29) is 5.91 Å². The van der Waals surface area contributed by atoms with Gasteiger partial charge in [-0.15, -0.1) is 10.2 Å². The number of aryl methyl sites for hydroxylation is 1. The molecule has 2 fully saturated rings. The average Bonchev–Trinajstić information content (AvgIpc) is 3.34. The van der Waals surface area contributed by atoms with E-state index < -0.39 is 0 Å². The minimum Gasteiger partial charge on any atom is -0.354 e. The number of carbonyl (C=O) groups excluding carboxylic acids is 1. The molecular weight excluding hydrogens is 332 g/mol. The highest BCUT2D eigenvalue weighted by Gasteiger charge is 2.25. The van der Waals surface area contributed by atoms with Crippen LogP contribution in [0.15, 0.2) is 11.3 Å². The van der Waals surface area contributed by atoms with Gasteiger partial charge >= 0.3 is 0 Å². The lowest BCUT2D eigenvalue weighted by molar-refractivity contribution is -0.122. The molecule has 1 amide bonds. The van der Waals surface area contributed by atoms with Crippen molar-refractivity contribution in [3.8, 4) is 0 Å². The normalized spacial score (nSPS) is 18.8. The highest BCUT2D eigenvalue weighted by Crippen LogP contribution is 2.18. The van der Waals surface area contributed by atoms with Gasteiger partial charge in [0.25, 0.3) is 0 Å². The van der Waals surface area contributed by atoms with Crippen LogP contribution in [0.2, 0.25) is 0 Å². The second-order valence-corrected chi connectivity index (χ2v) is 6.87. The van der Waals surface area contributed by atoms with Crippen LogP contribution in [0.4, 0.5) is 0 Å². The molecule has 26 heavy (non-hydrogen) atoms. The summed E-state index contributed by atoms with van der Waals surface area (Å²) in [5.41, 5.74) is 0. The minimum atomic E-state index is 0.157. The maximum absolute atomic E-state index is 11.9. The predicted octanol–water partition coefficient (Wildman–Crippen LogP) is -0.688. The number of guanidine groups is 1. The topological polar surface area (TPSA) is 90.7 Å². The first-order chi connectivity index (χ1) is 12.7. The number of piperazine rings is 1. The van der Waals surface area contributed by atoms with Crippen LogP contribution in [0.3, 0.4) is 0 Å². The molecule has 0 aromatic carbocycles. The van der Waals surface area contributed by atoms with Gasteiger partial charge in [0.2, 0.25) is 5.91 Å². The highest BCUT2D eigenvalue weighted by molar-refractivity contribution is 5.80. The standard InChI is InChI=1S/C17H30N8O/c1-3-15-22-20-13-25(15)7-6-19-17(18-2)24-10-8-23(9-11-24)12-16(26)21-14-4-5-14/h13-14H,3-12H2,1-2H3,(H,18,19)(H,21,26). The summed E-state index contributed by atoms with van der Waals surface area (Å²) < 4.78 is 2.07. The zero-order chi connectivity index (χ0) is 18.4. The van der Waals surface area contributed by atoms with Crippen molar-refractivity contribution in [2.24, 2.45) is 4.99 Å². The van der Waals surface area contributed by atoms with Crippen LogP contribution in [0.5, 0.6) is 0 Å². The second-order valence-electron chi connectivity index (χ2n) is 6.87. The van der Waals surface area contributed by atoms with Gasteiger partial charge in [-0.2, -0.15) is 0 Å². The van der Waals surface area contributed by atoms with Crippen LogP contribution in [-0.2, 0) is 17.8 Å². The molecule has 2 heterocycles. The molecule has 3 rings (SSSR count). The number of nitrogens with zero attached hydrogens (tertiary/aromatic N) is 6. The summed E-state index contributed by atoms with van der Waals surface area (Å²) in [6.45, 7) is 7.69. The monoisotopic (exact) mass is 362 g/mol. The van der Waals surface area contributed by atoms with Gasteiger partial charge in [-0.1, -0.05) is 6.92 Å². The Kier molecular flexibility index (Phi) is 6.43. The maximum Gasteiger partial charge on any atom is 0.234 e. The lowest BCUT2D eigenvalue weighted by Gasteiger charge is -2.36. The Balaban J connectivity index is 1.38. The maximum atomic E-state index is 11.9. The molecule has 0 spiro atoms. The smallest absolute Gasteiger partial charge is 0.234 e. The van der Waals surface area contributed by atoms with Crippen LogP contribution in [-0.4, -0.2) is 88.8 Å². The Morgan fingerprint density at radius 1 is 1.31 bits per heavy atom. The first-order valence-electron chi connectivity index (χ1n) is 9.53. The third-order valence-electron chi connectivity index (χ3n) is 4.84. The van der Waals surface area contributed by atoms with Crippen molar-refractivity contribution in [1.29, 1.82) is 0 Å². The number of hydrogen-bond acceptors (Lipinski definition) is 5. The summed E-state index contributed by atoms with van der Waals surface area (Å²) in [7, 11) is 1.81. The minimum absolute atomic E-state index is 0.157. The van der Waals surface area contributed by atoms with E-state index in [4.69, 9.17) is 0 Å². The Morgan fingerprint density at radius 2 is 2.08 bits per heavy atom. The van der Waals surface area contributed by atoms with Gasteiger partial charge in [0, 0.05) is 58.8 Å². The first kappa shape index (κ1) is 18.6. The molecule has 1 saturated carbocycles. The first-order valence-corrected chi connectivity index (χ1v) is 9.53. The molecule has 0 radical (unpaired) electrons. The van der Waals surface area contributed by atoms with Crippen LogP contribution in [0.25, 0.3) is 0 Å². The van der Waals surface area contributed by atoms with Crippen molar-refractivity contribution in [1.82, 2.24) is 35.2 Å². The molecule has 144 valence electrons. The average molecular weight is 362 g/mol. The zero-order valence-electron chi connectivity index (χ0n) is 15.8. The third kappa shape index (κ3) is 5.17. The van der Waals surface area contributed by atoms with E-state index in [2.05, 4.69) is 47.1 Å². The van der Waals surface area contributed by atoms with Crippen LogP contribution in [0, 0.1) is 0 Å². The van der Waals surface area contributed by atoms with Gasteiger partial charge in [-0.3, -0.25) is 14.7 Å². The number of nitrogens with one attached hydrogen (secondary N) is 2. The van der Waals surface area contributed by atoms with E-state index in [0.29, 0.717) is 12.6 Å². The summed E-state index contributed by atoms with van der Waals surface area (Å²) in [5.74, 6) is 2.07. The number of amides is 1. The number of aromatic nitrogens is 3. The van der Waals surface area contributed by atoms with E-state index in [0.717, 1.165) is 70.3 Å². The largest absolute Gasteiger partial charge is 0.354 e. The number of rotatable bonds is 7. The number of hydrogen-bond donors (Lipinski definition) is 2. The SMILES string of the molecule is CCc1nncn1CCNC(=NC)N1CCN(CC(=O)NC2CC2)CC1. The Labute approximate surface area is 154 Å². The predicted molar refractivity (Wildman–Crippen MR) is 99.9 cm³/mol. The summed E-state index contributed by atoms with van der Waals surface area (Å²) in [5, 5.41) is 14.5. The molecule has 1 aliphatic carbocycles. The van der Waals surface area contributed by atoms with Crippen LogP contribution >= 0.6 is 0 Å².